The zero-order valence-corrected chi connectivity index (χ0v) is 16.9. The fourth-order valence-corrected chi connectivity index (χ4v) is 4.05. The predicted octanol–water partition coefficient (Wildman–Crippen LogP) is 5.68. The number of thioether (sulfide) groups is 1. The van der Waals surface area contributed by atoms with E-state index in [4.69, 9.17) is 16.3 Å². The minimum Gasteiger partial charge on any atom is -0.495 e. The van der Waals surface area contributed by atoms with Crippen molar-refractivity contribution in [1.82, 2.24) is 0 Å². The zero-order valence-electron chi connectivity index (χ0n) is 15.3. The van der Waals surface area contributed by atoms with E-state index in [2.05, 4.69) is 27.8 Å². The fraction of sp³-hybridized carbons (Fsp3) is 0.143. The molecule has 0 radical (unpaired) electrons. The van der Waals surface area contributed by atoms with Crippen LogP contribution in [0.2, 0.25) is 5.02 Å². The number of methoxy groups -OCH3 is 1. The topological polar surface area (TPSA) is 62.7 Å². The number of hydrogen-bond donors (Lipinski definition) is 2. The Morgan fingerprint density at radius 2 is 2.00 bits per heavy atom. The van der Waals surface area contributed by atoms with E-state index in [0.717, 1.165) is 22.1 Å². The van der Waals surface area contributed by atoms with E-state index in [1.165, 1.54) is 11.8 Å². The molecule has 0 unspecified atom stereocenters. The van der Waals surface area contributed by atoms with Crippen molar-refractivity contribution in [2.24, 2.45) is 4.99 Å². The maximum absolute atomic E-state index is 12.7. The highest BCUT2D eigenvalue weighted by atomic mass is 35.5. The molecule has 4 rings (SSSR count). The van der Waals surface area contributed by atoms with Gasteiger partial charge in [-0.2, -0.15) is 0 Å². The second-order valence-electron chi connectivity index (χ2n) is 6.32. The molecule has 0 aromatic heterocycles. The lowest BCUT2D eigenvalue weighted by Gasteiger charge is -2.20. The monoisotopic (exact) mass is 411 g/mol. The van der Waals surface area contributed by atoms with Crippen molar-refractivity contribution in [2.75, 3.05) is 17.7 Å². The van der Waals surface area contributed by atoms with Gasteiger partial charge >= 0.3 is 0 Å². The van der Waals surface area contributed by atoms with Gasteiger partial charge in [0.1, 0.15) is 5.75 Å². The summed E-state index contributed by atoms with van der Waals surface area (Å²) in [5.74, 6) is 0.399. The summed E-state index contributed by atoms with van der Waals surface area (Å²) in [6.45, 7) is 1.84. The first-order chi connectivity index (χ1) is 13.5. The highest BCUT2D eigenvalue weighted by Crippen LogP contribution is 2.37. The van der Waals surface area contributed by atoms with Crippen LogP contribution in [0, 0.1) is 0 Å². The van der Waals surface area contributed by atoms with Crippen LogP contribution in [0.25, 0.3) is 10.8 Å². The normalized spacial score (nSPS) is 13.5. The lowest BCUT2D eigenvalue weighted by atomic mass is 10.1. The number of anilines is 2. The number of nitrogens with zero attached hydrogens (tertiary/aromatic N) is 1. The molecular weight excluding hydrogens is 394 g/mol. The summed E-state index contributed by atoms with van der Waals surface area (Å²) < 4.78 is 5.29. The van der Waals surface area contributed by atoms with E-state index in [1.54, 1.807) is 25.3 Å². The van der Waals surface area contributed by atoms with Crippen LogP contribution in [0.1, 0.15) is 6.92 Å². The van der Waals surface area contributed by atoms with Gasteiger partial charge in [-0.25, -0.2) is 4.99 Å². The number of benzene rings is 3. The molecule has 1 atom stereocenters. The summed E-state index contributed by atoms with van der Waals surface area (Å²) in [5.41, 5.74) is 2.44. The van der Waals surface area contributed by atoms with Gasteiger partial charge < -0.3 is 15.4 Å². The number of nitrogens with one attached hydrogen (secondary N) is 2. The van der Waals surface area contributed by atoms with E-state index in [-0.39, 0.29) is 11.2 Å². The maximum atomic E-state index is 12.7. The number of amidine groups is 1. The van der Waals surface area contributed by atoms with Crippen molar-refractivity contribution in [1.29, 1.82) is 0 Å². The van der Waals surface area contributed by atoms with Crippen molar-refractivity contribution >= 4 is 62.3 Å². The van der Waals surface area contributed by atoms with Gasteiger partial charge in [0, 0.05) is 10.4 Å². The number of hydrogen-bond acceptors (Lipinski definition) is 5. The summed E-state index contributed by atoms with van der Waals surface area (Å²) in [6, 6.07) is 17.2. The summed E-state index contributed by atoms with van der Waals surface area (Å²) >= 11 is 7.40. The predicted molar refractivity (Wildman–Crippen MR) is 118 cm³/mol. The zero-order chi connectivity index (χ0) is 19.7. The second kappa shape index (κ2) is 7.73. The van der Waals surface area contributed by atoms with Gasteiger partial charge in [-0.15, -0.1) is 0 Å². The highest BCUT2D eigenvalue weighted by molar-refractivity contribution is 8.15. The molecule has 1 heterocycles. The molecule has 1 aliphatic rings. The summed E-state index contributed by atoms with van der Waals surface area (Å²) in [7, 11) is 1.55. The van der Waals surface area contributed by atoms with Crippen molar-refractivity contribution in [3.63, 3.8) is 0 Å². The van der Waals surface area contributed by atoms with Gasteiger partial charge in [-0.3, -0.25) is 4.79 Å². The van der Waals surface area contributed by atoms with Crippen LogP contribution in [0.3, 0.4) is 0 Å². The van der Waals surface area contributed by atoms with Gasteiger partial charge in [-0.1, -0.05) is 47.6 Å². The third-order valence-corrected chi connectivity index (χ3v) is 5.64. The third kappa shape index (κ3) is 3.66. The first kappa shape index (κ1) is 18.7. The van der Waals surface area contributed by atoms with Crippen LogP contribution >= 0.6 is 23.4 Å². The summed E-state index contributed by atoms with van der Waals surface area (Å²) in [6.07, 6.45) is 0. The fourth-order valence-electron chi connectivity index (χ4n) is 3.06. The molecule has 0 aliphatic carbocycles. The number of halogens is 1. The maximum Gasteiger partial charge on any atom is 0.237 e. The molecule has 5 nitrogen and oxygen atoms in total. The van der Waals surface area contributed by atoms with Crippen LogP contribution in [0.15, 0.2) is 59.6 Å². The lowest BCUT2D eigenvalue weighted by Crippen LogP contribution is -2.26. The van der Waals surface area contributed by atoms with Crippen LogP contribution < -0.4 is 15.4 Å². The van der Waals surface area contributed by atoms with Gasteiger partial charge in [0.15, 0.2) is 5.17 Å². The Labute approximate surface area is 172 Å². The van der Waals surface area contributed by atoms with Crippen LogP contribution in [0.4, 0.5) is 17.1 Å². The number of carbonyl (C=O) groups excluding carboxylic acids is 1. The van der Waals surface area contributed by atoms with Crippen molar-refractivity contribution in [2.45, 2.75) is 12.2 Å². The van der Waals surface area contributed by atoms with Crippen molar-refractivity contribution in [3.05, 3.63) is 59.6 Å². The molecule has 1 amide bonds. The average molecular weight is 412 g/mol. The number of rotatable bonds is 4. The van der Waals surface area contributed by atoms with E-state index >= 15 is 0 Å². The summed E-state index contributed by atoms with van der Waals surface area (Å²) in [5, 5.41) is 9.27. The van der Waals surface area contributed by atoms with Crippen LogP contribution in [-0.2, 0) is 4.79 Å². The molecule has 0 saturated heterocycles. The van der Waals surface area contributed by atoms with Crippen LogP contribution in [0.5, 0.6) is 5.75 Å². The second-order valence-corrected chi connectivity index (χ2v) is 8.08. The SMILES string of the molecule is COc1ccc(Cl)cc1NC(=O)[C@@H](C)SC1=Nc2cccc3cccc(c23)N1. The molecule has 0 bridgehead atoms. The smallest absolute Gasteiger partial charge is 0.237 e. The van der Waals surface area contributed by atoms with Crippen molar-refractivity contribution in [3.8, 4) is 5.75 Å². The molecule has 7 heteroatoms. The van der Waals surface area contributed by atoms with Gasteiger partial charge in [0.05, 0.1) is 29.4 Å². The molecular formula is C21H18ClN3O2S. The molecule has 3 aromatic carbocycles. The molecule has 1 aliphatic heterocycles. The lowest BCUT2D eigenvalue weighted by molar-refractivity contribution is -0.115. The Hall–Kier alpha value is -2.70. The Morgan fingerprint density at radius 1 is 1.21 bits per heavy atom. The van der Waals surface area contributed by atoms with Gasteiger partial charge in [-0.05, 0) is 42.6 Å². The minimum absolute atomic E-state index is 0.160. The molecule has 0 fully saturated rings. The number of carbonyl (C=O) groups is 1. The van der Waals surface area contributed by atoms with E-state index in [9.17, 15) is 4.79 Å². The quantitative estimate of drug-likeness (QED) is 0.580. The number of amides is 1. The highest BCUT2D eigenvalue weighted by Gasteiger charge is 2.21. The van der Waals surface area contributed by atoms with E-state index in [0.29, 0.717) is 21.6 Å². The standard InChI is InChI=1S/C21H18ClN3O2S/c1-12(20(26)23-17-11-14(22)9-10-18(17)27-2)28-21-24-15-7-3-5-13-6-4-8-16(25-21)19(13)15/h3-12H,1-2H3,(H,23,26)(H,24,25)/t12-/m1/s1. The number of aliphatic imine (C=N–C) groups is 1. The Kier molecular flexibility index (Phi) is 5.15. The third-order valence-electron chi connectivity index (χ3n) is 4.42. The van der Waals surface area contributed by atoms with Crippen molar-refractivity contribution < 1.29 is 9.53 Å². The molecule has 28 heavy (non-hydrogen) atoms. The molecule has 2 N–H and O–H groups in total. The Morgan fingerprint density at radius 3 is 2.79 bits per heavy atom. The molecule has 0 saturated carbocycles. The largest absolute Gasteiger partial charge is 0.495 e. The average Bonchev–Trinajstić information content (AvgIpc) is 2.68. The molecule has 0 spiro atoms. The van der Waals surface area contributed by atoms with E-state index in [1.807, 2.05) is 31.2 Å². The number of ether oxygens (including phenoxy) is 1. The van der Waals surface area contributed by atoms with Gasteiger partial charge in [0.2, 0.25) is 5.91 Å². The molecule has 3 aromatic rings. The summed E-state index contributed by atoms with van der Waals surface area (Å²) in [4.78, 5) is 17.4. The molecule has 142 valence electrons. The minimum atomic E-state index is -0.376. The first-order valence-electron chi connectivity index (χ1n) is 8.73. The first-order valence-corrected chi connectivity index (χ1v) is 9.99. The Balaban J connectivity index is 1.52. The Bertz CT molecular complexity index is 1090. The van der Waals surface area contributed by atoms with Crippen LogP contribution in [-0.4, -0.2) is 23.4 Å². The van der Waals surface area contributed by atoms with E-state index < -0.39 is 0 Å². The van der Waals surface area contributed by atoms with Gasteiger partial charge in [0.25, 0.3) is 0 Å².